The number of rotatable bonds is 12. The molecule has 0 aliphatic carbocycles. The lowest BCUT2D eigenvalue weighted by atomic mass is 9.97. The van der Waals surface area contributed by atoms with E-state index in [2.05, 4.69) is 16.0 Å². The highest BCUT2D eigenvalue weighted by molar-refractivity contribution is 5.94. The molecule has 28 heavy (non-hydrogen) atoms. The van der Waals surface area contributed by atoms with Crippen molar-refractivity contribution in [1.82, 2.24) is 16.0 Å². The highest BCUT2D eigenvalue weighted by Gasteiger charge is 2.31. The monoisotopic (exact) mass is 404 g/mol. The van der Waals surface area contributed by atoms with Crippen LogP contribution < -0.4 is 21.7 Å². The second kappa shape index (κ2) is 11.9. The van der Waals surface area contributed by atoms with Crippen LogP contribution in [-0.4, -0.2) is 75.8 Å². The zero-order valence-electron chi connectivity index (χ0n) is 16.0. The van der Waals surface area contributed by atoms with Gasteiger partial charge in [0.15, 0.2) is 0 Å². The van der Waals surface area contributed by atoms with E-state index in [1.165, 1.54) is 6.92 Å². The van der Waals surface area contributed by atoms with Crippen LogP contribution in [0.15, 0.2) is 0 Å². The van der Waals surface area contributed by atoms with Crippen molar-refractivity contribution in [2.24, 2.45) is 11.7 Å². The van der Waals surface area contributed by atoms with Gasteiger partial charge in [0.1, 0.15) is 18.1 Å². The Hall–Kier alpha value is -2.73. The molecule has 0 rings (SSSR count). The van der Waals surface area contributed by atoms with E-state index in [1.807, 2.05) is 0 Å². The van der Waals surface area contributed by atoms with Gasteiger partial charge < -0.3 is 37.0 Å². The molecule has 0 saturated carbocycles. The smallest absolute Gasteiger partial charge is 0.325 e. The molecular formula is C16H28N4O8. The van der Waals surface area contributed by atoms with Crippen LogP contribution in [0.25, 0.3) is 0 Å². The molecule has 0 aliphatic rings. The maximum atomic E-state index is 12.4. The normalized spacial score (nSPS) is 16.0. The van der Waals surface area contributed by atoms with Crippen LogP contribution >= 0.6 is 0 Å². The number of carbonyl (C=O) groups is 5. The van der Waals surface area contributed by atoms with Crippen LogP contribution in [0.4, 0.5) is 0 Å². The Bertz CT molecular complexity index is 597. The predicted molar refractivity (Wildman–Crippen MR) is 95.9 cm³/mol. The lowest BCUT2D eigenvalue weighted by Gasteiger charge is -2.27. The number of carboxylic acids is 2. The van der Waals surface area contributed by atoms with Gasteiger partial charge in [-0.15, -0.1) is 0 Å². The summed E-state index contributed by atoms with van der Waals surface area (Å²) in [7, 11) is 0. The molecule has 12 nitrogen and oxygen atoms in total. The summed E-state index contributed by atoms with van der Waals surface area (Å²) in [5.74, 6) is -5.54. The van der Waals surface area contributed by atoms with Gasteiger partial charge in [0.2, 0.25) is 17.7 Å². The number of aliphatic hydroxyl groups excluding tert-OH is 1. The average Bonchev–Trinajstić information content (AvgIpc) is 2.61. The molecule has 0 aromatic carbocycles. The third kappa shape index (κ3) is 8.31. The van der Waals surface area contributed by atoms with Gasteiger partial charge in [0, 0.05) is 0 Å². The second-order valence-corrected chi connectivity index (χ2v) is 6.39. The summed E-state index contributed by atoms with van der Waals surface area (Å²) < 4.78 is 0. The van der Waals surface area contributed by atoms with E-state index in [9.17, 15) is 29.1 Å². The molecule has 0 heterocycles. The molecule has 5 unspecified atom stereocenters. The molecule has 0 fully saturated rings. The largest absolute Gasteiger partial charge is 0.481 e. The minimum atomic E-state index is -1.47. The van der Waals surface area contributed by atoms with Crippen molar-refractivity contribution in [3.05, 3.63) is 0 Å². The quantitative estimate of drug-likeness (QED) is 0.181. The highest BCUT2D eigenvalue weighted by atomic mass is 16.4. The van der Waals surface area contributed by atoms with Crippen LogP contribution in [0.1, 0.15) is 33.6 Å². The van der Waals surface area contributed by atoms with Crippen LogP contribution in [0.5, 0.6) is 0 Å². The number of hydrogen-bond acceptors (Lipinski definition) is 7. The van der Waals surface area contributed by atoms with Gasteiger partial charge in [0.25, 0.3) is 0 Å². The Morgan fingerprint density at radius 1 is 0.929 bits per heavy atom. The van der Waals surface area contributed by atoms with Crippen molar-refractivity contribution < 1.29 is 39.3 Å². The summed E-state index contributed by atoms with van der Waals surface area (Å²) in [4.78, 5) is 58.0. The number of carboxylic acid groups (broad SMARTS) is 2. The van der Waals surface area contributed by atoms with Crippen molar-refractivity contribution >= 4 is 29.7 Å². The molecule has 0 aromatic rings. The number of carbonyl (C=O) groups excluding carboxylic acids is 3. The SMILES string of the molecule is CCC(C)C(NC(=O)C(CO)NC(=O)C(N)CC(=O)O)C(=O)NC(C)C(=O)O. The zero-order chi connectivity index (χ0) is 22.0. The summed E-state index contributed by atoms with van der Waals surface area (Å²) >= 11 is 0. The number of nitrogens with two attached hydrogens (primary N) is 1. The fourth-order valence-electron chi connectivity index (χ4n) is 2.07. The van der Waals surface area contributed by atoms with Gasteiger partial charge in [-0.05, 0) is 12.8 Å². The molecule has 0 spiro atoms. The van der Waals surface area contributed by atoms with E-state index in [0.717, 1.165) is 0 Å². The Morgan fingerprint density at radius 3 is 1.93 bits per heavy atom. The molecule has 0 bridgehead atoms. The number of aliphatic hydroxyl groups is 1. The predicted octanol–water partition coefficient (Wildman–Crippen LogP) is -2.61. The maximum Gasteiger partial charge on any atom is 0.325 e. The van der Waals surface area contributed by atoms with Gasteiger partial charge in [-0.1, -0.05) is 20.3 Å². The second-order valence-electron chi connectivity index (χ2n) is 6.39. The summed E-state index contributed by atoms with van der Waals surface area (Å²) in [6.45, 7) is 3.85. The number of amides is 3. The van der Waals surface area contributed by atoms with Gasteiger partial charge in [-0.3, -0.25) is 24.0 Å². The standard InChI is InChI=1S/C16H28N4O8/c1-4-7(2)12(15(26)18-8(3)16(27)28)20-14(25)10(6-21)19-13(24)9(17)5-11(22)23/h7-10,12,21H,4-6,17H2,1-3H3,(H,18,26)(H,19,24)(H,20,25)(H,22,23)(H,27,28). The Kier molecular flexibility index (Phi) is 10.7. The van der Waals surface area contributed by atoms with E-state index < -0.39 is 66.9 Å². The van der Waals surface area contributed by atoms with Crippen LogP contribution in [0.2, 0.25) is 0 Å². The van der Waals surface area contributed by atoms with E-state index in [-0.39, 0.29) is 5.92 Å². The molecule has 3 amide bonds. The first-order valence-electron chi connectivity index (χ1n) is 8.66. The Labute approximate surface area is 161 Å². The van der Waals surface area contributed by atoms with Crippen molar-refractivity contribution in [1.29, 1.82) is 0 Å². The first-order valence-corrected chi connectivity index (χ1v) is 8.66. The van der Waals surface area contributed by atoms with E-state index in [0.29, 0.717) is 6.42 Å². The molecular weight excluding hydrogens is 376 g/mol. The first kappa shape index (κ1) is 25.3. The molecule has 0 aliphatic heterocycles. The van der Waals surface area contributed by atoms with Crippen molar-refractivity contribution in [3.63, 3.8) is 0 Å². The Morgan fingerprint density at radius 2 is 1.50 bits per heavy atom. The fourth-order valence-corrected chi connectivity index (χ4v) is 2.07. The molecule has 0 aromatic heterocycles. The molecule has 12 heteroatoms. The van der Waals surface area contributed by atoms with Crippen LogP contribution in [0.3, 0.4) is 0 Å². The van der Waals surface area contributed by atoms with E-state index in [1.54, 1.807) is 13.8 Å². The van der Waals surface area contributed by atoms with Gasteiger partial charge >= 0.3 is 11.9 Å². The fraction of sp³-hybridized carbons (Fsp3) is 0.688. The maximum absolute atomic E-state index is 12.4. The van der Waals surface area contributed by atoms with Crippen molar-refractivity contribution in [2.45, 2.75) is 57.8 Å². The molecule has 0 radical (unpaired) electrons. The summed E-state index contributed by atoms with van der Waals surface area (Å²) in [6.07, 6.45) is -0.198. The molecule has 8 N–H and O–H groups in total. The van der Waals surface area contributed by atoms with Crippen LogP contribution in [-0.2, 0) is 24.0 Å². The third-order valence-electron chi connectivity index (χ3n) is 4.07. The third-order valence-corrected chi connectivity index (χ3v) is 4.07. The lowest BCUT2D eigenvalue weighted by molar-refractivity contribution is -0.142. The summed E-state index contributed by atoms with van der Waals surface area (Å²) in [5, 5.41) is 33.6. The van der Waals surface area contributed by atoms with E-state index in [4.69, 9.17) is 15.9 Å². The number of aliphatic carboxylic acids is 2. The van der Waals surface area contributed by atoms with Crippen LogP contribution in [0, 0.1) is 5.92 Å². The minimum Gasteiger partial charge on any atom is -0.481 e. The minimum absolute atomic E-state index is 0.380. The first-order chi connectivity index (χ1) is 12.9. The topological polar surface area (TPSA) is 208 Å². The highest BCUT2D eigenvalue weighted by Crippen LogP contribution is 2.09. The van der Waals surface area contributed by atoms with E-state index >= 15 is 0 Å². The number of hydrogen-bond donors (Lipinski definition) is 7. The van der Waals surface area contributed by atoms with Crippen molar-refractivity contribution in [3.8, 4) is 0 Å². The zero-order valence-corrected chi connectivity index (χ0v) is 16.0. The van der Waals surface area contributed by atoms with Gasteiger partial charge in [-0.25, -0.2) is 0 Å². The molecule has 5 atom stereocenters. The van der Waals surface area contributed by atoms with Gasteiger partial charge in [-0.2, -0.15) is 0 Å². The number of nitrogens with one attached hydrogen (secondary N) is 3. The summed E-state index contributed by atoms with van der Waals surface area (Å²) in [5.41, 5.74) is 5.40. The molecule has 160 valence electrons. The lowest BCUT2D eigenvalue weighted by Crippen LogP contribution is -2.59. The Balaban J connectivity index is 5.15. The average molecular weight is 404 g/mol. The van der Waals surface area contributed by atoms with Crippen molar-refractivity contribution in [2.75, 3.05) is 6.61 Å². The summed E-state index contributed by atoms with van der Waals surface area (Å²) in [6, 6.07) is -5.19. The molecule has 0 saturated heterocycles. The van der Waals surface area contributed by atoms with Gasteiger partial charge in [0.05, 0.1) is 19.1 Å².